The molecule has 0 spiro atoms. The molecule has 1 aromatic rings. The zero-order valence-electron chi connectivity index (χ0n) is 14.7. The van der Waals surface area contributed by atoms with Crippen LogP contribution in [0.3, 0.4) is 0 Å². The fraction of sp³-hybridized carbons (Fsp3) is 0.526. The van der Waals surface area contributed by atoms with Crippen molar-refractivity contribution in [2.24, 2.45) is 5.92 Å². The Labute approximate surface area is 152 Å². The molecular formula is C19H24N4O3. The largest absolute Gasteiger partial charge is 0.362 e. The average Bonchev–Trinajstić information content (AvgIpc) is 3.42. The lowest BCUT2D eigenvalue weighted by Gasteiger charge is -2.30. The van der Waals surface area contributed by atoms with Gasteiger partial charge in [-0.3, -0.25) is 25.2 Å². The number of rotatable bonds is 4. The maximum absolute atomic E-state index is 12.3. The number of nitrogens with zero attached hydrogens (tertiary/aromatic N) is 2. The number of carbonyl (C=O) groups excluding carboxylic acids is 3. The molecule has 2 aliphatic heterocycles. The molecule has 0 radical (unpaired) electrons. The van der Waals surface area contributed by atoms with Crippen LogP contribution in [0.2, 0.25) is 0 Å². The van der Waals surface area contributed by atoms with Crippen molar-refractivity contribution in [3.8, 4) is 0 Å². The zero-order valence-corrected chi connectivity index (χ0v) is 14.7. The first-order valence-electron chi connectivity index (χ1n) is 9.33. The normalized spacial score (nSPS) is 22.2. The van der Waals surface area contributed by atoms with Gasteiger partial charge in [0, 0.05) is 31.2 Å². The van der Waals surface area contributed by atoms with E-state index in [0.29, 0.717) is 12.6 Å². The van der Waals surface area contributed by atoms with Crippen LogP contribution < -0.4 is 15.8 Å². The molecule has 2 N–H and O–H groups in total. The number of anilines is 1. The molecule has 1 saturated carbocycles. The maximum Gasteiger partial charge on any atom is 0.257 e. The summed E-state index contributed by atoms with van der Waals surface area (Å²) in [6.45, 7) is 1.49. The van der Waals surface area contributed by atoms with Crippen molar-refractivity contribution in [3.05, 3.63) is 29.8 Å². The molecule has 0 bridgehead atoms. The topological polar surface area (TPSA) is 81.8 Å². The van der Waals surface area contributed by atoms with Crippen LogP contribution in [-0.2, 0) is 20.8 Å². The average molecular weight is 356 g/mol. The second-order valence-corrected chi connectivity index (χ2v) is 7.37. The lowest BCUT2D eigenvalue weighted by molar-refractivity contribution is -0.131. The first kappa shape index (κ1) is 16.9. The van der Waals surface area contributed by atoms with Crippen molar-refractivity contribution in [1.29, 1.82) is 0 Å². The lowest BCUT2D eigenvalue weighted by atomic mass is 10.0. The minimum Gasteiger partial charge on any atom is -0.362 e. The summed E-state index contributed by atoms with van der Waals surface area (Å²) in [5, 5.41) is 0. The highest BCUT2D eigenvalue weighted by atomic mass is 16.2. The fourth-order valence-electron chi connectivity index (χ4n) is 3.87. The Morgan fingerprint density at radius 2 is 1.96 bits per heavy atom. The number of hydrazine groups is 1. The fourth-order valence-corrected chi connectivity index (χ4v) is 3.87. The highest BCUT2D eigenvalue weighted by molar-refractivity contribution is 5.91. The van der Waals surface area contributed by atoms with Gasteiger partial charge in [0.1, 0.15) is 0 Å². The molecule has 2 heterocycles. The molecule has 1 aromatic carbocycles. The Hall–Kier alpha value is -2.57. The first-order chi connectivity index (χ1) is 12.6. The number of hydrogen-bond acceptors (Lipinski definition) is 4. The summed E-state index contributed by atoms with van der Waals surface area (Å²) in [5.41, 5.74) is 7.33. The standard InChI is InChI=1S/C19H24N4O3/c24-17(12-22-9-3-5-13-4-1-2-6-16(13)22)20-21-19(26)14-10-18(25)23(11-14)15-7-8-15/h1-2,4,6,14-15H,3,5,7-12H2,(H,20,24)(H,21,26)/t14-/m1/s1. The maximum atomic E-state index is 12.3. The van der Waals surface area contributed by atoms with Gasteiger partial charge in [0.25, 0.3) is 5.91 Å². The highest BCUT2D eigenvalue weighted by Crippen LogP contribution is 2.32. The van der Waals surface area contributed by atoms with Gasteiger partial charge in [0.2, 0.25) is 11.8 Å². The first-order valence-corrected chi connectivity index (χ1v) is 9.33. The highest BCUT2D eigenvalue weighted by Gasteiger charge is 2.41. The molecule has 3 amide bonds. The Balaban J connectivity index is 1.27. The molecule has 7 heteroatoms. The third-order valence-corrected chi connectivity index (χ3v) is 5.38. The van der Waals surface area contributed by atoms with E-state index in [4.69, 9.17) is 0 Å². The van der Waals surface area contributed by atoms with E-state index < -0.39 is 0 Å². The van der Waals surface area contributed by atoms with Crippen LogP contribution in [0, 0.1) is 5.92 Å². The third kappa shape index (κ3) is 3.52. The van der Waals surface area contributed by atoms with E-state index in [0.717, 1.165) is 37.9 Å². The van der Waals surface area contributed by atoms with Gasteiger partial charge in [0.05, 0.1) is 12.5 Å². The van der Waals surface area contributed by atoms with Crippen molar-refractivity contribution in [2.45, 2.75) is 38.1 Å². The molecule has 0 unspecified atom stereocenters. The molecule has 26 heavy (non-hydrogen) atoms. The summed E-state index contributed by atoms with van der Waals surface area (Å²) >= 11 is 0. The number of amides is 3. The Bertz CT molecular complexity index is 731. The van der Waals surface area contributed by atoms with Gasteiger partial charge < -0.3 is 9.80 Å². The molecule has 7 nitrogen and oxygen atoms in total. The number of benzene rings is 1. The van der Waals surface area contributed by atoms with Gasteiger partial charge in [-0.05, 0) is 37.3 Å². The van der Waals surface area contributed by atoms with E-state index in [1.165, 1.54) is 5.56 Å². The zero-order chi connectivity index (χ0) is 18.1. The summed E-state index contributed by atoms with van der Waals surface area (Å²) in [6, 6.07) is 8.42. The van der Waals surface area contributed by atoms with Gasteiger partial charge in [-0.15, -0.1) is 0 Å². The Kier molecular flexibility index (Phi) is 4.53. The van der Waals surface area contributed by atoms with Crippen LogP contribution >= 0.6 is 0 Å². The van der Waals surface area contributed by atoms with Gasteiger partial charge >= 0.3 is 0 Å². The molecule has 0 aromatic heterocycles. The molecular weight excluding hydrogens is 332 g/mol. The van der Waals surface area contributed by atoms with Crippen LogP contribution in [0.4, 0.5) is 5.69 Å². The van der Waals surface area contributed by atoms with Crippen molar-refractivity contribution < 1.29 is 14.4 Å². The molecule has 1 atom stereocenters. The summed E-state index contributed by atoms with van der Waals surface area (Å²) in [6.07, 6.45) is 4.34. The van der Waals surface area contributed by atoms with Crippen LogP contribution in [-0.4, -0.2) is 48.3 Å². The molecule has 4 rings (SSSR count). The summed E-state index contributed by atoms with van der Waals surface area (Å²) in [4.78, 5) is 40.3. The number of nitrogens with one attached hydrogen (secondary N) is 2. The van der Waals surface area contributed by atoms with Gasteiger partial charge in [-0.2, -0.15) is 0 Å². The SMILES string of the molecule is O=C(CN1CCCc2ccccc21)NNC(=O)[C@@H]1CC(=O)N(C2CC2)C1. The van der Waals surface area contributed by atoms with Crippen LogP contribution in [0.15, 0.2) is 24.3 Å². The molecule has 138 valence electrons. The lowest BCUT2D eigenvalue weighted by Crippen LogP contribution is -2.49. The van der Waals surface area contributed by atoms with E-state index in [1.54, 1.807) is 4.90 Å². The number of carbonyl (C=O) groups is 3. The Morgan fingerprint density at radius 3 is 2.77 bits per heavy atom. The van der Waals surface area contributed by atoms with Crippen molar-refractivity contribution in [3.63, 3.8) is 0 Å². The van der Waals surface area contributed by atoms with Crippen LogP contribution in [0.25, 0.3) is 0 Å². The molecule has 3 aliphatic rings. The minimum absolute atomic E-state index is 0.0453. The van der Waals surface area contributed by atoms with Crippen LogP contribution in [0.5, 0.6) is 0 Å². The van der Waals surface area contributed by atoms with E-state index in [1.807, 2.05) is 23.1 Å². The number of likely N-dealkylation sites (tertiary alicyclic amines) is 1. The Morgan fingerprint density at radius 1 is 1.15 bits per heavy atom. The summed E-state index contributed by atoms with van der Waals surface area (Å²) in [5.74, 6) is -0.865. The van der Waals surface area contributed by atoms with Crippen molar-refractivity contribution in [1.82, 2.24) is 15.8 Å². The quantitative estimate of drug-likeness (QED) is 0.774. The minimum atomic E-state index is -0.376. The van der Waals surface area contributed by atoms with Crippen LogP contribution in [0.1, 0.15) is 31.2 Å². The molecule has 1 saturated heterocycles. The molecule has 1 aliphatic carbocycles. The number of fused-ring (bicyclic) bond motifs is 1. The second-order valence-electron chi connectivity index (χ2n) is 7.37. The van der Waals surface area contributed by atoms with E-state index >= 15 is 0 Å². The second kappa shape index (κ2) is 6.97. The summed E-state index contributed by atoms with van der Waals surface area (Å²) in [7, 11) is 0. The predicted octanol–water partition coefficient (Wildman–Crippen LogP) is 0.598. The monoisotopic (exact) mass is 356 g/mol. The van der Waals surface area contributed by atoms with E-state index in [-0.39, 0.29) is 36.6 Å². The summed E-state index contributed by atoms with van der Waals surface area (Å²) < 4.78 is 0. The van der Waals surface area contributed by atoms with Gasteiger partial charge in [0.15, 0.2) is 0 Å². The van der Waals surface area contributed by atoms with Crippen molar-refractivity contribution >= 4 is 23.4 Å². The third-order valence-electron chi connectivity index (χ3n) is 5.38. The van der Waals surface area contributed by atoms with Gasteiger partial charge in [-0.25, -0.2) is 0 Å². The van der Waals surface area contributed by atoms with E-state index in [9.17, 15) is 14.4 Å². The predicted molar refractivity (Wildman–Crippen MR) is 96.1 cm³/mol. The number of aryl methyl sites for hydroxylation is 1. The van der Waals surface area contributed by atoms with Gasteiger partial charge in [-0.1, -0.05) is 18.2 Å². The number of para-hydroxylation sites is 1. The number of hydrogen-bond donors (Lipinski definition) is 2. The smallest absolute Gasteiger partial charge is 0.257 e. The van der Waals surface area contributed by atoms with Crippen molar-refractivity contribution in [2.75, 3.05) is 24.5 Å². The molecule has 2 fully saturated rings. The van der Waals surface area contributed by atoms with E-state index in [2.05, 4.69) is 16.9 Å².